The molecule has 2 aromatic carbocycles. The van der Waals surface area contributed by atoms with E-state index in [1.54, 1.807) is 13.2 Å². The molecule has 0 fully saturated rings. The van der Waals surface area contributed by atoms with Gasteiger partial charge >= 0.3 is 0 Å². The number of aryl methyl sites for hydroxylation is 1. The number of aromatic nitrogens is 2. The summed E-state index contributed by atoms with van der Waals surface area (Å²) in [7, 11) is 1.60. The van der Waals surface area contributed by atoms with Crippen LogP contribution in [0.5, 0.6) is 5.75 Å². The lowest BCUT2D eigenvalue weighted by molar-refractivity contribution is 0.0952. The third kappa shape index (κ3) is 4.61. The molecule has 0 aliphatic carbocycles. The molecule has 138 valence electrons. The Bertz CT molecular complexity index is 994. The number of ether oxygens (including phenoxy) is 1. The maximum absolute atomic E-state index is 12.3. The highest BCUT2D eigenvalue weighted by atomic mass is 16.5. The molecule has 6 nitrogen and oxygen atoms in total. The first-order valence-corrected chi connectivity index (χ1v) is 8.62. The van der Waals surface area contributed by atoms with E-state index in [0.717, 1.165) is 16.9 Å². The van der Waals surface area contributed by atoms with Gasteiger partial charge in [-0.1, -0.05) is 17.7 Å². The third-order valence-electron chi connectivity index (χ3n) is 4.18. The average molecular weight is 363 g/mol. The van der Waals surface area contributed by atoms with Gasteiger partial charge in [0.1, 0.15) is 5.75 Å². The Balaban J connectivity index is 1.62. The summed E-state index contributed by atoms with van der Waals surface area (Å²) >= 11 is 0. The van der Waals surface area contributed by atoms with Gasteiger partial charge in [0.25, 0.3) is 11.5 Å². The number of nitrogens with zero attached hydrogens (tertiary/aromatic N) is 2. The van der Waals surface area contributed by atoms with Crippen molar-refractivity contribution in [1.29, 1.82) is 0 Å². The van der Waals surface area contributed by atoms with Gasteiger partial charge < -0.3 is 10.1 Å². The van der Waals surface area contributed by atoms with Gasteiger partial charge in [0.2, 0.25) is 0 Å². The Morgan fingerprint density at radius 1 is 1.15 bits per heavy atom. The summed E-state index contributed by atoms with van der Waals surface area (Å²) in [4.78, 5) is 28.8. The van der Waals surface area contributed by atoms with E-state index in [1.165, 1.54) is 17.0 Å². The highest BCUT2D eigenvalue weighted by molar-refractivity contribution is 5.94. The summed E-state index contributed by atoms with van der Waals surface area (Å²) < 4.78 is 6.60. The standard InChI is InChI=1S/C21H21N3O3/c1-15-4-3-5-17(12-15)21(26)22-10-11-24-14-23-19(13-20(24)25)16-6-8-18(27-2)9-7-16/h3-9,12-14H,10-11H2,1-2H3,(H,22,26). The van der Waals surface area contributed by atoms with Crippen LogP contribution in [-0.2, 0) is 6.54 Å². The quantitative estimate of drug-likeness (QED) is 0.731. The lowest BCUT2D eigenvalue weighted by Gasteiger charge is -2.09. The summed E-state index contributed by atoms with van der Waals surface area (Å²) in [5, 5.41) is 2.82. The molecule has 0 atom stereocenters. The minimum absolute atomic E-state index is 0.158. The van der Waals surface area contributed by atoms with Crippen LogP contribution in [0.3, 0.4) is 0 Å². The summed E-state index contributed by atoms with van der Waals surface area (Å²) in [5.41, 5.74) is 2.91. The van der Waals surface area contributed by atoms with Gasteiger partial charge in [-0.05, 0) is 43.3 Å². The van der Waals surface area contributed by atoms with Crippen LogP contribution in [0.4, 0.5) is 0 Å². The summed E-state index contributed by atoms with van der Waals surface area (Å²) in [6, 6.07) is 16.2. The Kier molecular flexibility index (Phi) is 5.66. The molecule has 0 spiro atoms. The van der Waals surface area contributed by atoms with E-state index >= 15 is 0 Å². The predicted octanol–water partition coefficient (Wildman–Crippen LogP) is 2.66. The molecular formula is C21H21N3O3. The summed E-state index contributed by atoms with van der Waals surface area (Å²) in [6.45, 7) is 2.63. The van der Waals surface area contributed by atoms with Crippen molar-refractivity contribution in [3.8, 4) is 17.0 Å². The van der Waals surface area contributed by atoms with E-state index in [4.69, 9.17) is 4.74 Å². The number of amides is 1. The highest BCUT2D eigenvalue weighted by Crippen LogP contribution is 2.19. The predicted molar refractivity (Wildman–Crippen MR) is 104 cm³/mol. The number of benzene rings is 2. The van der Waals surface area contributed by atoms with Crippen LogP contribution in [0.2, 0.25) is 0 Å². The van der Waals surface area contributed by atoms with Crippen molar-refractivity contribution in [2.45, 2.75) is 13.5 Å². The molecule has 6 heteroatoms. The van der Waals surface area contributed by atoms with Gasteiger partial charge in [-0.25, -0.2) is 4.98 Å². The maximum atomic E-state index is 12.3. The fourth-order valence-electron chi connectivity index (χ4n) is 2.69. The van der Waals surface area contributed by atoms with Crippen LogP contribution in [-0.4, -0.2) is 29.1 Å². The van der Waals surface area contributed by atoms with Gasteiger partial charge in [0, 0.05) is 30.3 Å². The van der Waals surface area contributed by atoms with Crippen LogP contribution < -0.4 is 15.6 Å². The van der Waals surface area contributed by atoms with Crippen molar-refractivity contribution in [1.82, 2.24) is 14.9 Å². The lowest BCUT2D eigenvalue weighted by atomic mass is 10.1. The van der Waals surface area contributed by atoms with Crippen LogP contribution in [0.25, 0.3) is 11.3 Å². The zero-order chi connectivity index (χ0) is 19.2. The first-order valence-electron chi connectivity index (χ1n) is 8.62. The second-order valence-electron chi connectivity index (χ2n) is 6.16. The largest absolute Gasteiger partial charge is 0.497 e. The molecule has 1 amide bonds. The molecule has 0 bridgehead atoms. The molecule has 3 aromatic rings. The molecule has 0 saturated heterocycles. The van der Waals surface area contributed by atoms with Gasteiger partial charge in [0.15, 0.2) is 0 Å². The Labute approximate surface area is 157 Å². The normalized spacial score (nSPS) is 10.4. The van der Waals surface area contributed by atoms with E-state index in [0.29, 0.717) is 24.3 Å². The molecule has 0 aliphatic rings. The monoisotopic (exact) mass is 363 g/mol. The van der Waals surface area contributed by atoms with E-state index in [1.807, 2.05) is 49.4 Å². The third-order valence-corrected chi connectivity index (χ3v) is 4.18. The number of nitrogens with one attached hydrogen (secondary N) is 1. The number of hydrogen-bond acceptors (Lipinski definition) is 4. The summed E-state index contributed by atoms with van der Waals surface area (Å²) in [6.07, 6.45) is 1.50. The fraction of sp³-hybridized carbons (Fsp3) is 0.190. The molecule has 0 saturated carbocycles. The van der Waals surface area contributed by atoms with Gasteiger partial charge in [-0.15, -0.1) is 0 Å². The number of hydrogen-bond donors (Lipinski definition) is 1. The fourth-order valence-corrected chi connectivity index (χ4v) is 2.69. The Morgan fingerprint density at radius 3 is 2.59 bits per heavy atom. The second-order valence-corrected chi connectivity index (χ2v) is 6.16. The number of rotatable bonds is 6. The SMILES string of the molecule is COc1ccc(-c2cc(=O)n(CCNC(=O)c3cccc(C)c3)cn2)cc1. The van der Waals surface area contributed by atoms with Crippen LogP contribution in [0.15, 0.2) is 65.7 Å². The van der Waals surface area contributed by atoms with E-state index in [9.17, 15) is 9.59 Å². The molecular weight excluding hydrogens is 342 g/mol. The van der Waals surface area contributed by atoms with Crippen molar-refractivity contribution in [3.05, 3.63) is 82.4 Å². The van der Waals surface area contributed by atoms with E-state index in [-0.39, 0.29) is 11.5 Å². The molecule has 1 heterocycles. The topological polar surface area (TPSA) is 73.2 Å². The van der Waals surface area contributed by atoms with Crippen LogP contribution in [0.1, 0.15) is 15.9 Å². The molecule has 0 radical (unpaired) electrons. The van der Waals surface area contributed by atoms with E-state index in [2.05, 4.69) is 10.3 Å². The van der Waals surface area contributed by atoms with E-state index < -0.39 is 0 Å². The Morgan fingerprint density at radius 2 is 1.93 bits per heavy atom. The zero-order valence-corrected chi connectivity index (χ0v) is 15.3. The zero-order valence-electron chi connectivity index (χ0n) is 15.3. The summed E-state index contributed by atoms with van der Waals surface area (Å²) in [5.74, 6) is 0.589. The van der Waals surface area contributed by atoms with Crippen molar-refractivity contribution in [2.24, 2.45) is 0 Å². The average Bonchev–Trinajstić information content (AvgIpc) is 2.69. The highest BCUT2D eigenvalue weighted by Gasteiger charge is 2.06. The smallest absolute Gasteiger partial charge is 0.253 e. The van der Waals surface area contributed by atoms with Crippen molar-refractivity contribution in [3.63, 3.8) is 0 Å². The molecule has 1 aromatic heterocycles. The van der Waals surface area contributed by atoms with Gasteiger partial charge in [-0.3, -0.25) is 14.2 Å². The van der Waals surface area contributed by atoms with Crippen LogP contribution >= 0.6 is 0 Å². The van der Waals surface area contributed by atoms with Crippen molar-refractivity contribution >= 4 is 5.91 Å². The van der Waals surface area contributed by atoms with Gasteiger partial charge in [-0.2, -0.15) is 0 Å². The van der Waals surface area contributed by atoms with Crippen molar-refractivity contribution < 1.29 is 9.53 Å². The minimum Gasteiger partial charge on any atom is -0.497 e. The number of carbonyl (C=O) groups is 1. The molecule has 0 aliphatic heterocycles. The second kappa shape index (κ2) is 8.31. The molecule has 1 N–H and O–H groups in total. The first-order chi connectivity index (χ1) is 13.1. The maximum Gasteiger partial charge on any atom is 0.253 e. The van der Waals surface area contributed by atoms with Gasteiger partial charge in [0.05, 0.1) is 19.1 Å². The lowest BCUT2D eigenvalue weighted by Crippen LogP contribution is -2.30. The Hall–Kier alpha value is -3.41. The van der Waals surface area contributed by atoms with Crippen molar-refractivity contribution in [2.75, 3.05) is 13.7 Å². The number of methoxy groups -OCH3 is 1. The molecule has 27 heavy (non-hydrogen) atoms. The first kappa shape index (κ1) is 18.4. The number of carbonyl (C=O) groups excluding carboxylic acids is 1. The molecule has 3 rings (SSSR count). The minimum atomic E-state index is -0.166. The molecule has 0 unspecified atom stereocenters. The van der Waals surface area contributed by atoms with Crippen LogP contribution in [0, 0.1) is 6.92 Å².